The molecule has 0 radical (unpaired) electrons. The zero-order valence-electron chi connectivity index (χ0n) is 16.6. The number of amides is 1. The first-order valence-electron chi connectivity index (χ1n) is 10.1. The molecule has 1 aliphatic carbocycles. The Balaban J connectivity index is 1.21. The molecule has 1 aromatic carbocycles. The zero-order valence-corrected chi connectivity index (χ0v) is 19.0. The van der Waals surface area contributed by atoms with Crippen molar-refractivity contribution in [2.24, 2.45) is 5.92 Å². The number of aryl methyl sites for hydroxylation is 1. The Morgan fingerprint density at radius 1 is 1.28 bits per heavy atom. The standard InChI is InChI=1S/C21H26N4OS3/c1-15-7-8-17-18(13-15)29-20(22-17)23-19(26)14-28-21(27)25-11-9-24(10-12-25)16-5-3-2-4-6-16/h2-6,15H,7-14H2,1H3,(H,22,23,26)/t15-/m1/s1. The van der Waals surface area contributed by atoms with Crippen molar-refractivity contribution in [2.45, 2.75) is 26.2 Å². The number of thioether (sulfide) groups is 1. The number of carbonyl (C=O) groups excluding carboxylic acids is 1. The average Bonchev–Trinajstić information content (AvgIpc) is 3.14. The lowest BCUT2D eigenvalue weighted by Gasteiger charge is -2.37. The van der Waals surface area contributed by atoms with E-state index in [0.29, 0.717) is 11.7 Å². The van der Waals surface area contributed by atoms with Crippen LogP contribution in [0.15, 0.2) is 30.3 Å². The first-order chi connectivity index (χ1) is 14.1. The van der Waals surface area contributed by atoms with Crippen LogP contribution in [0, 0.1) is 5.92 Å². The molecule has 1 saturated heterocycles. The third-order valence-corrected chi connectivity index (χ3v) is 7.98. The Hall–Kier alpha value is -1.64. The number of thiazole rings is 1. The predicted molar refractivity (Wildman–Crippen MR) is 127 cm³/mol. The van der Waals surface area contributed by atoms with E-state index in [4.69, 9.17) is 12.2 Å². The van der Waals surface area contributed by atoms with E-state index in [-0.39, 0.29) is 5.91 Å². The van der Waals surface area contributed by atoms with Gasteiger partial charge in [0.2, 0.25) is 5.91 Å². The number of rotatable bonds is 4. The fraction of sp³-hybridized carbons (Fsp3) is 0.476. The molecule has 1 amide bonds. The summed E-state index contributed by atoms with van der Waals surface area (Å²) in [6.07, 6.45) is 3.29. The molecular weight excluding hydrogens is 420 g/mol. The van der Waals surface area contributed by atoms with E-state index in [9.17, 15) is 4.79 Å². The van der Waals surface area contributed by atoms with E-state index in [0.717, 1.165) is 48.5 Å². The summed E-state index contributed by atoms with van der Waals surface area (Å²) in [4.78, 5) is 22.9. The van der Waals surface area contributed by atoms with Crippen molar-refractivity contribution in [3.8, 4) is 0 Å². The number of aromatic nitrogens is 1. The first kappa shape index (κ1) is 20.6. The van der Waals surface area contributed by atoms with Crippen LogP contribution in [0.1, 0.15) is 23.9 Å². The molecule has 2 aromatic rings. The lowest BCUT2D eigenvalue weighted by molar-refractivity contribution is -0.113. The summed E-state index contributed by atoms with van der Waals surface area (Å²) >= 11 is 8.65. The monoisotopic (exact) mass is 446 g/mol. The van der Waals surface area contributed by atoms with Gasteiger partial charge in [-0.05, 0) is 37.3 Å². The molecule has 1 atom stereocenters. The van der Waals surface area contributed by atoms with Crippen LogP contribution in [0.25, 0.3) is 0 Å². The highest BCUT2D eigenvalue weighted by Gasteiger charge is 2.22. The molecule has 2 heterocycles. The summed E-state index contributed by atoms with van der Waals surface area (Å²) in [5.41, 5.74) is 2.42. The lowest BCUT2D eigenvalue weighted by atomic mass is 9.93. The van der Waals surface area contributed by atoms with E-state index in [1.165, 1.54) is 34.4 Å². The number of anilines is 2. The minimum absolute atomic E-state index is 0.0283. The van der Waals surface area contributed by atoms with Crippen LogP contribution >= 0.6 is 35.3 Å². The number of hydrogen-bond acceptors (Lipinski definition) is 6. The molecule has 1 N–H and O–H groups in total. The van der Waals surface area contributed by atoms with E-state index >= 15 is 0 Å². The molecule has 0 unspecified atom stereocenters. The van der Waals surface area contributed by atoms with Crippen LogP contribution in [0.2, 0.25) is 0 Å². The Labute approximate surface area is 185 Å². The molecular formula is C21H26N4OS3. The van der Waals surface area contributed by atoms with Crippen molar-refractivity contribution in [3.63, 3.8) is 0 Å². The number of nitrogens with one attached hydrogen (secondary N) is 1. The van der Waals surface area contributed by atoms with Gasteiger partial charge in [-0.3, -0.25) is 4.79 Å². The molecule has 8 heteroatoms. The second-order valence-corrected chi connectivity index (χ2v) is 10.3. The number of fused-ring (bicyclic) bond motifs is 1. The summed E-state index contributed by atoms with van der Waals surface area (Å²) < 4.78 is 0.806. The summed E-state index contributed by atoms with van der Waals surface area (Å²) in [5.74, 6) is 1.01. The number of carbonyl (C=O) groups is 1. The van der Waals surface area contributed by atoms with Gasteiger partial charge in [0.15, 0.2) is 5.13 Å². The molecule has 0 saturated carbocycles. The van der Waals surface area contributed by atoms with Crippen molar-refractivity contribution in [1.82, 2.24) is 9.88 Å². The minimum atomic E-state index is -0.0283. The van der Waals surface area contributed by atoms with E-state index in [2.05, 4.69) is 51.3 Å². The fourth-order valence-corrected chi connectivity index (χ4v) is 5.99. The van der Waals surface area contributed by atoms with Crippen molar-refractivity contribution in [1.29, 1.82) is 0 Å². The topological polar surface area (TPSA) is 48.5 Å². The van der Waals surface area contributed by atoms with Crippen LogP contribution in [-0.2, 0) is 17.6 Å². The molecule has 154 valence electrons. The number of para-hydroxylation sites is 1. The van der Waals surface area contributed by atoms with E-state index < -0.39 is 0 Å². The Bertz CT molecular complexity index is 862. The van der Waals surface area contributed by atoms with Gasteiger partial charge < -0.3 is 15.1 Å². The van der Waals surface area contributed by atoms with Gasteiger partial charge in [0.05, 0.1) is 11.4 Å². The maximum Gasteiger partial charge on any atom is 0.236 e. The van der Waals surface area contributed by atoms with Gasteiger partial charge in [0, 0.05) is 36.7 Å². The molecule has 1 aromatic heterocycles. The normalized spacial score (nSPS) is 19.0. The maximum atomic E-state index is 12.4. The van der Waals surface area contributed by atoms with Crippen molar-refractivity contribution >= 4 is 56.4 Å². The zero-order chi connectivity index (χ0) is 20.2. The largest absolute Gasteiger partial charge is 0.368 e. The molecule has 5 nitrogen and oxygen atoms in total. The second-order valence-electron chi connectivity index (χ2n) is 7.65. The Morgan fingerprint density at radius 2 is 2.03 bits per heavy atom. The number of benzene rings is 1. The molecule has 2 aliphatic rings. The van der Waals surface area contributed by atoms with Gasteiger partial charge in [-0.15, -0.1) is 11.3 Å². The van der Waals surface area contributed by atoms with Crippen LogP contribution in [0.3, 0.4) is 0 Å². The highest BCUT2D eigenvalue weighted by molar-refractivity contribution is 8.23. The molecule has 1 aliphatic heterocycles. The maximum absolute atomic E-state index is 12.4. The van der Waals surface area contributed by atoms with Crippen LogP contribution in [0.5, 0.6) is 0 Å². The van der Waals surface area contributed by atoms with Crippen molar-refractivity contribution < 1.29 is 4.79 Å². The van der Waals surface area contributed by atoms with Crippen LogP contribution in [-0.4, -0.2) is 52.0 Å². The minimum Gasteiger partial charge on any atom is -0.368 e. The summed E-state index contributed by atoms with van der Waals surface area (Å²) in [6, 6.07) is 10.5. The first-order valence-corrected chi connectivity index (χ1v) is 12.3. The summed E-state index contributed by atoms with van der Waals surface area (Å²) in [6.45, 7) is 5.94. The third-order valence-electron chi connectivity index (χ3n) is 5.42. The van der Waals surface area contributed by atoms with Crippen molar-refractivity contribution in [3.05, 3.63) is 40.9 Å². The SMILES string of the molecule is C[C@@H]1CCc2nc(NC(=O)CSC(=S)N3CCN(c4ccccc4)CC3)sc2C1. The van der Waals surface area contributed by atoms with Gasteiger partial charge in [0.25, 0.3) is 0 Å². The molecule has 4 rings (SSSR count). The molecule has 1 fully saturated rings. The number of piperazine rings is 1. The van der Waals surface area contributed by atoms with Gasteiger partial charge >= 0.3 is 0 Å². The third kappa shape index (κ3) is 5.29. The number of nitrogens with zero attached hydrogens (tertiary/aromatic N) is 3. The lowest BCUT2D eigenvalue weighted by Crippen LogP contribution is -2.47. The Kier molecular flexibility index (Phi) is 6.72. The summed E-state index contributed by atoms with van der Waals surface area (Å²) in [7, 11) is 0. The van der Waals surface area contributed by atoms with Crippen LogP contribution < -0.4 is 10.2 Å². The average molecular weight is 447 g/mol. The smallest absolute Gasteiger partial charge is 0.236 e. The highest BCUT2D eigenvalue weighted by Crippen LogP contribution is 2.32. The molecule has 0 spiro atoms. The fourth-order valence-electron chi connectivity index (χ4n) is 3.75. The Morgan fingerprint density at radius 3 is 2.79 bits per heavy atom. The van der Waals surface area contributed by atoms with E-state index in [1.807, 2.05) is 6.07 Å². The van der Waals surface area contributed by atoms with Gasteiger partial charge in [-0.2, -0.15) is 0 Å². The van der Waals surface area contributed by atoms with Crippen LogP contribution in [0.4, 0.5) is 10.8 Å². The molecule has 0 bridgehead atoms. The quantitative estimate of drug-likeness (QED) is 0.715. The molecule has 29 heavy (non-hydrogen) atoms. The highest BCUT2D eigenvalue weighted by atomic mass is 32.2. The second kappa shape index (κ2) is 9.45. The number of hydrogen-bond donors (Lipinski definition) is 1. The van der Waals surface area contributed by atoms with E-state index in [1.54, 1.807) is 11.3 Å². The predicted octanol–water partition coefficient (Wildman–Crippen LogP) is 4.05. The summed E-state index contributed by atoms with van der Waals surface area (Å²) in [5, 5.41) is 3.70. The van der Waals surface area contributed by atoms with Gasteiger partial charge in [-0.1, -0.05) is 49.1 Å². The van der Waals surface area contributed by atoms with Gasteiger partial charge in [0.1, 0.15) is 4.32 Å². The van der Waals surface area contributed by atoms with Crippen molar-refractivity contribution in [2.75, 3.05) is 42.1 Å². The number of thiocarbonyl (C=S) groups is 1. The van der Waals surface area contributed by atoms with Gasteiger partial charge in [-0.25, -0.2) is 4.98 Å².